The van der Waals surface area contributed by atoms with Crippen molar-refractivity contribution in [2.24, 2.45) is 11.8 Å². The Balaban J connectivity index is 0.780. The molecule has 5 aromatic carbocycles. The fourth-order valence-corrected chi connectivity index (χ4v) is 14.2. The van der Waals surface area contributed by atoms with Crippen molar-refractivity contribution in [3.63, 3.8) is 0 Å². The van der Waals surface area contributed by atoms with Crippen LogP contribution in [-0.2, 0) is 57.0 Å². The molecule has 23 heteroatoms. The molecule has 0 saturated carbocycles. The molecule has 0 radical (unpaired) electrons. The van der Waals surface area contributed by atoms with Crippen LogP contribution in [0.25, 0.3) is 0 Å². The number of benzene rings is 4. The molecule has 0 spiro atoms. The van der Waals surface area contributed by atoms with E-state index in [1.165, 1.54) is 0 Å². The van der Waals surface area contributed by atoms with Crippen LogP contribution < -0.4 is 69.3 Å². The Bertz CT molecular complexity index is 3430. The highest BCUT2D eigenvalue weighted by Gasteiger charge is 2.52. The Morgan fingerprint density at radius 2 is 0.937 bits per heavy atom. The number of unbranched alkanes of at least 4 members (excludes halogenated alkanes) is 1. The van der Waals surface area contributed by atoms with Crippen LogP contribution in [0.15, 0.2) is 131 Å². The van der Waals surface area contributed by atoms with Crippen LogP contribution in [0.2, 0.25) is 0 Å². The fourth-order valence-electron chi connectivity index (χ4n) is 14.2. The number of anilines is 2. The van der Waals surface area contributed by atoms with E-state index in [0.29, 0.717) is 114 Å². The van der Waals surface area contributed by atoms with Crippen molar-refractivity contribution >= 4 is 58.6 Å². The summed E-state index contributed by atoms with van der Waals surface area (Å²) in [4.78, 5) is 143. The molecule has 0 bridgehead atoms. The number of hydrogen-bond acceptors (Lipinski definition) is 15. The molecule has 5 aromatic rings. The molecule has 508 valence electrons. The van der Waals surface area contributed by atoms with Crippen LogP contribution in [0.3, 0.4) is 0 Å². The van der Waals surface area contributed by atoms with Gasteiger partial charge in [-0.2, -0.15) is 0 Å². The summed E-state index contributed by atoms with van der Waals surface area (Å²) >= 11 is 0. The number of hydrogen-bond donors (Lipinski definition) is 11. The molecule has 4 heterocycles. The normalized spacial score (nSPS) is 21.6. The van der Waals surface area contributed by atoms with Gasteiger partial charge in [0.15, 0.2) is 5.54 Å². The molecule has 0 aliphatic carbocycles. The molecule has 4 aliphatic rings. The van der Waals surface area contributed by atoms with Crippen molar-refractivity contribution in [2.45, 2.75) is 171 Å². The maximum absolute atomic E-state index is 15.2. The number of amides is 8. The number of fused-ring (bicyclic) bond motifs is 2. The van der Waals surface area contributed by atoms with Crippen LogP contribution in [-0.4, -0.2) is 152 Å². The second-order valence-corrected chi connectivity index (χ2v) is 25.6. The first-order chi connectivity index (χ1) is 46.1. The third-order valence-electron chi connectivity index (χ3n) is 19.6. The first-order valence-corrected chi connectivity index (χ1v) is 34.1. The van der Waals surface area contributed by atoms with E-state index in [2.05, 4.69) is 58.5 Å². The minimum Gasteiger partial charge on any atom is -0.380 e. The predicted octanol–water partition coefficient (Wildman–Crippen LogP) is 3.57. The maximum atomic E-state index is 15.2. The van der Waals surface area contributed by atoms with Crippen LogP contribution >= 0.6 is 0 Å². The Labute approximate surface area is 556 Å². The SMILES string of the molecule is CC[C@H](NC)C(=O)N[C@@H]1C(=O)N2[C@@H](CC[C@@H]1CNC(=O)CCCNc1c(NCCCCNC(=O)C(NC(=O)[C@@H]3CC[C@@H]4CC[C@H](CNCc5ccccc5)[C@H](NC(=O)[C@H](CC)NC)C(=O)N43)(c3ccccc3)c3ccccc3)c(=O)c1=O)CC[C@H]2C(=O)NCc1ccccc1. The molecule has 11 N–H and O–H groups in total. The quantitative estimate of drug-likeness (QED) is 0.0211. The molecule has 8 amide bonds. The molecule has 95 heavy (non-hydrogen) atoms. The number of likely N-dealkylation sites (N-methyl/N-ethyl adjacent to an activating group) is 2. The van der Waals surface area contributed by atoms with Crippen LogP contribution in [0.4, 0.5) is 11.4 Å². The molecule has 0 unspecified atom stereocenters. The Kier molecular flexibility index (Phi) is 25.3. The highest BCUT2D eigenvalue weighted by Crippen LogP contribution is 2.38. The van der Waals surface area contributed by atoms with Gasteiger partial charge >= 0.3 is 0 Å². The first-order valence-electron chi connectivity index (χ1n) is 34.1. The summed E-state index contributed by atoms with van der Waals surface area (Å²) in [5, 5.41) is 34.0. The molecule has 4 aliphatic heterocycles. The maximum Gasteiger partial charge on any atom is 0.255 e. The van der Waals surface area contributed by atoms with Crippen molar-refractivity contribution < 1.29 is 38.4 Å². The second-order valence-electron chi connectivity index (χ2n) is 25.6. The third-order valence-corrected chi connectivity index (χ3v) is 19.6. The molecule has 9 rings (SSSR count). The van der Waals surface area contributed by atoms with Crippen molar-refractivity contribution in [3.05, 3.63) is 164 Å². The van der Waals surface area contributed by atoms with Crippen molar-refractivity contribution in [3.8, 4) is 0 Å². The minimum atomic E-state index is -1.75. The van der Waals surface area contributed by atoms with Crippen LogP contribution in [0.1, 0.15) is 126 Å². The van der Waals surface area contributed by atoms with Crippen molar-refractivity contribution in [1.82, 2.24) is 57.7 Å². The summed E-state index contributed by atoms with van der Waals surface area (Å²) in [5.74, 6) is -3.58. The average molecular weight is 1300 g/mol. The first kappa shape index (κ1) is 70.5. The van der Waals surface area contributed by atoms with Gasteiger partial charge in [-0.15, -0.1) is 0 Å². The Hall–Kier alpha value is -8.80. The van der Waals surface area contributed by atoms with Gasteiger partial charge < -0.3 is 68.3 Å². The zero-order valence-electron chi connectivity index (χ0n) is 55.1. The predicted molar refractivity (Wildman–Crippen MR) is 364 cm³/mol. The van der Waals surface area contributed by atoms with E-state index in [1.54, 1.807) is 72.4 Å². The molecular formula is C72H95N13O10. The highest BCUT2D eigenvalue weighted by molar-refractivity contribution is 6.00. The summed E-state index contributed by atoms with van der Waals surface area (Å²) in [6.07, 6.45) is 6.72. The van der Waals surface area contributed by atoms with Gasteiger partial charge in [-0.05, 0) is 120 Å². The Morgan fingerprint density at radius 1 is 0.495 bits per heavy atom. The highest BCUT2D eigenvalue weighted by atomic mass is 16.2. The second kappa shape index (κ2) is 34.0. The van der Waals surface area contributed by atoms with E-state index in [4.69, 9.17) is 0 Å². The number of rotatable bonds is 33. The van der Waals surface area contributed by atoms with Gasteiger partial charge in [-0.25, -0.2) is 0 Å². The molecule has 4 saturated heterocycles. The summed E-state index contributed by atoms with van der Waals surface area (Å²) in [7, 11) is 3.39. The zero-order valence-corrected chi connectivity index (χ0v) is 55.1. The summed E-state index contributed by atoms with van der Waals surface area (Å²) in [5.41, 5.74) is 0.176. The van der Waals surface area contributed by atoms with Gasteiger partial charge in [0.25, 0.3) is 16.8 Å². The molecular weight excluding hydrogens is 1210 g/mol. The van der Waals surface area contributed by atoms with E-state index < -0.39 is 70.4 Å². The van der Waals surface area contributed by atoms with Crippen LogP contribution in [0.5, 0.6) is 0 Å². The topological polar surface area (TPSA) is 310 Å². The third kappa shape index (κ3) is 17.0. The van der Waals surface area contributed by atoms with E-state index in [-0.39, 0.29) is 97.4 Å². The average Bonchev–Trinajstić information content (AvgIpc) is 1.69. The lowest BCUT2D eigenvalue weighted by molar-refractivity contribution is -0.145. The van der Waals surface area contributed by atoms with Gasteiger partial charge in [0.1, 0.15) is 35.5 Å². The molecule has 0 aromatic heterocycles. The molecule has 10 atom stereocenters. The lowest BCUT2D eigenvalue weighted by atomic mass is 9.81. The summed E-state index contributed by atoms with van der Waals surface area (Å²) < 4.78 is 0. The lowest BCUT2D eigenvalue weighted by Gasteiger charge is -2.38. The fraction of sp³-hybridized carbons (Fsp3) is 0.500. The molecule has 23 nitrogen and oxygen atoms in total. The monoisotopic (exact) mass is 1300 g/mol. The number of nitrogens with one attached hydrogen (secondary N) is 11. The number of carbonyl (C=O) groups is 8. The molecule has 4 fully saturated rings. The van der Waals surface area contributed by atoms with Gasteiger partial charge in [0, 0.05) is 76.2 Å². The smallest absolute Gasteiger partial charge is 0.255 e. The number of nitrogens with zero attached hydrogens (tertiary/aromatic N) is 2. The lowest BCUT2D eigenvalue weighted by Crippen LogP contribution is -2.62. The van der Waals surface area contributed by atoms with E-state index >= 15 is 14.4 Å². The zero-order chi connectivity index (χ0) is 67.4. The largest absolute Gasteiger partial charge is 0.380 e. The van der Waals surface area contributed by atoms with Crippen molar-refractivity contribution in [2.75, 3.05) is 57.5 Å². The van der Waals surface area contributed by atoms with Crippen LogP contribution in [0, 0.1) is 11.8 Å². The number of carbonyl (C=O) groups excluding carboxylic acids is 8. The van der Waals surface area contributed by atoms with E-state index in [0.717, 1.165) is 11.1 Å². The van der Waals surface area contributed by atoms with Gasteiger partial charge in [0.05, 0.1) is 12.1 Å². The van der Waals surface area contributed by atoms with Gasteiger partial charge in [0.2, 0.25) is 41.4 Å². The van der Waals surface area contributed by atoms with Crippen molar-refractivity contribution in [1.29, 1.82) is 0 Å². The van der Waals surface area contributed by atoms with Gasteiger partial charge in [-0.3, -0.25) is 47.9 Å². The standard InChI is InChI=1S/C72H95N13O10/c1-5-54(73-3)65(89)81-59-48(44-75-42-46-22-11-7-12-23-46)31-33-53-36-38-57(85(53)69(59)93)68(92)83-72(50-26-15-9-16-27-50,51-28-17-10-18-29-51)71(95)78-40-20-19-39-76-61-62(64(88)63(61)87)77-41-21-30-58(86)79-45-49-32-34-52-35-37-56(67(91)80-43-47-24-13-8-14-25-47)84(52)70(94)60(49)82-66(90)55(6-2)74-4/h7-18,22-29,48-49,52-57,59-60,73-77H,5-6,19-21,30-45H2,1-4H3,(H,78,95)(H,79,86)(H,80,91)(H,81,89)(H,82,90)(H,83,92)/t48-,49-,52+,53+,54+,55+,56+,57+,59+,60+/m1/s1. The summed E-state index contributed by atoms with van der Waals surface area (Å²) in [6, 6.07) is 32.4. The summed E-state index contributed by atoms with van der Waals surface area (Å²) in [6.45, 7) is 5.88. The van der Waals surface area contributed by atoms with Gasteiger partial charge in [-0.1, -0.05) is 135 Å². The Morgan fingerprint density at radius 3 is 1.43 bits per heavy atom. The minimum absolute atomic E-state index is 0.0658. The van der Waals surface area contributed by atoms with E-state index in [9.17, 15) is 33.6 Å². The van der Waals surface area contributed by atoms with E-state index in [1.807, 2.05) is 86.6 Å².